The van der Waals surface area contributed by atoms with Crippen LogP contribution in [0.3, 0.4) is 0 Å². The van der Waals surface area contributed by atoms with E-state index in [1.54, 1.807) is 0 Å². The maximum Gasteiger partial charge on any atom is 0.460 e. The zero-order chi connectivity index (χ0) is 22.0. The van der Waals surface area contributed by atoms with Crippen molar-refractivity contribution in [3.63, 3.8) is 0 Å². The van der Waals surface area contributed by atoms with E-state index in [1.165, 1.54) is 0 Å². The Labute approximate surface area is 134 Å². The van der Waals surface area contributed by atoms with Crippen molar-refractivity contribution in [3.05, 3.63) is 0 Å². The first-order valence-electron chi connectivity index (χ1n) is 5.19. The smallest absolute Gasteiger partial charge is 0.412 e. The van der Waals surface area contributed by atoms with E-state index in [2.05, 4.69) is 0 Å². The molecule has 0 heterocycles. The Morgan fingerprint density at radius 3 is 0.704 bits per heavy atom. The molecule has 0 atom stereocenters. The molecule has 2 nitrogen and oxygen atoms in total. The summed E-state index contributed by atoms with van der Waals surface area (Å²) in [5, 5.41) is 7.34. The molecule has 0 aliphatic heterocycles. The summed E-state index contributed by atoms with van der Waals surface area (Å²) < 4.78 is 210. The molecular formula is C8H3F17O2. The highest BCUT2D eigenvalue weighted by Gasteiger charge is 2.95. The van der Waals surface area contributed by atoms with Gasteiger partial charge in [-0.1, -0.05) is 0 Å². The van der Waals surface area contributed by atoms with Gasteiger partial charge in [0.05, 0.1) is 0 Å². The average molecular weight is 454 g/mol. The van der Waals surface area contributed by atoms with Gasteiger partial charge in [0.1, 0.15) is 0 Å². The summed E-state index contributed by atoms with van der Waals surface area (Å²) in [5.74, 6) is -50.5. The topological polar surface area (TPSA) is 51.7 Å². The molecule has 0 aliphatic carbocycles. The van der Waals surface area contributed by atoms with Crippen LogP contribution in [0.25, 0.3) is 0 Å². The number of aliphatic hydroxyl groups is 1. The molecule has 0 fully saturated rings. The minimum absolute atomic E-state index is 0. The van der Waals surface area contributed by atoms with Gasteiger partial charge >= 0.3 is 47.8 Å². The predicted octanol–water partition coefficient (Wildman–Crippen LogP) is 4.12. The number of alkyl halides is 17. The first-order valence-corrected chi connectivity index (χ1v) is 5.19. The molecule has 0 saturated carbocycles. The summed E-state index contributed by atoms with van der Waals surface area (Å²) in [5.41, 5.74) is 0. The van der Waals surface area contributed by atoms with Crippen molar-refractivity contribution in [2.24, 2.45) is 0 Å². The number of hydrogen-bond acceptors (Lipinski definition) is 1. The predicted molar refractivity (Wildman–Crippen MR) is 46.5 cm³/mol. The molecule has 0 bridgehead atoms. The summed E-state index contributed by atoms with van der Waals surface area (Å²) in [4.78, 5) is 0. The summed E-state index contributed by atoms with van der Waals surface area (Å²) in [6, 6.07) is 0. The van der Waals surface area contributed by atoms with E-state index < -0.39 is 47.8 Å². The van der Waals surface area contributed by atoms with Crippen molar-refractivity contribution in [2.45, 2.75) is 47.8 Å². The van der Waals surface area contributed by atoms with Crippen molar-refractivity contribution in [2.75, 3.05) is 0 Å². The lowest BCUT2D eigenvalue weighted by atomic mass is 9.91. The van der Waals surface area contributed by atoms with Crippen LogP contribution in [0.1, 0.15) is 0 Å². The minimum atomic E-state index is -8.67. The normalized spacial score (nSPS) is 16.2. The molecular weight excluding hydrogens is 451 g/mol. The second-order valence-corrected chi connectivity index (χ2v) is 4.49. The zero-order valence-electron chi connectivity index (χ0n) is 11.4. The van der Waals surface area contributed by atoms with Crippen molar-refractivity contribution < 1.29 is 85.2 Å². The molecule has 0 aromatic rings. The van der Waals surface area contributed by atoms with Crippen LogP contribution < -0.4 is 0 Å². The van der Waals surface area contributed by atoms with E-state index in [9.17, 15) is 74.6 Å². The molecule has 0 saturated heterocycles. The first-order chi connectivity index (χ1) is 10.8. The van der Waals surface area contributed by atoms with Crippen LogP contribution >= 0.6 is 0 Å². The zero-order valence-corrected chi connectivity index (χ0v) is 11.4. The maximum absolute atomic E-state index is 12.8. The van der Waals surface area contributed by atoms with E-state index in [0.717, 1.165) is 0 Å². The lowest BCUT2D eigenvalue weighted by Gasteiger charge is -2.41. The van der Waals surface area contributed by atoms with Crippen LogP contribution in [0.5, 0.6) is 0 Å². The Bertz CT molecular complexity index is 478. The Hall–Kier alpha value is -1.27. The van der Waals surface area contributed by atoms with Crippen LogP contribution in [0.4, 0.5) is 74.6 Å². The summed E-state index contributed by atoms with van der Waals surface area (Å²) in [6.07, 6.45) is -15.1. The highest BCUT2D eigenvalue weighted by atomic mass is 19.4. The molecule has 3 N–H and O–H groups in total. The molecule has 0 aliphatic rings. The molecule has 0 unspecified atom stereocenters. The van der Waals surface area contributed by atoms with Crippen LogP contribution in [-0.2, 0) is 0 Å². The summed E-state index contributed by atoms with van der Waals surface area (Å²) in [6.45, 7) is 0. The molecule has 27 heavy (non-hydrogen) atoms. The van der Waals surface area contributed by atoms with E-state index in [4.69, 9.17) is 5.11 Å². The van der Waals surface area contributed by atoms with Gasteiger partial charge in [-0.05, 0) is 0 Å². The van der Waals surface area contributed by atoms with Gasteiger partial charge in [0.2, 0.25) is 0 Å². The van der Waals surface area contributed by atoms with Gasteiger partial charge in [0.15, 0.2) is 0 Å². The lowest BCUT2D eigenvalue weighted by Crippen LogP contribution is -2.74. The lowest BCUT2D eigenvalue weighted by molar-refractivity contribution is -0.474. The Morgan fingerprint density at radius 1 is 0.333 bits per heavy atom. The second kappa shape index (κ2) is 6.38. The van der Waals surface area contributed by atoms with E-state index >= 15 is 0 Å². The largest absolute Gasteiger partial charge is 0.460 e. The number of rotatable bonds is 6. The van der Waals surface area contributed by atoms with Crippen LogP contribution in [0.2, 0.25) is 0 Å². The van der Waals surface area contributed by atoms with Gasteiger partial charge in [0, 0.05) is 0 Å². The van der Waals surface area contributed by atoms with Crippen LogP contribution in [-0.4, -0.2) is 58.4 Å². The van der Waals surface area contributed by atoms with Gasteiger partial charge in [-0.3, -0.25) is 0 Å². The maximum atomic E-state index is 12.8. The fraction of sp³-hybridized carbons (Fsp3) is 1.00. The Balaban J connectivity index is 0. The fourth-order valence-corrected chi connectivity index (χ4v) is 1.16. The third-order valence-corrected chi connectivity index (χ3v) is 2.71. The number of hydrogen-bond donors (Lipinski definition) is 1. The number of halogens is 17. The highest BCUT2D eigenvalue weighted by Crippen LogP contribution is 2.63. The van der Waals surface area contributed by atoms with Gasteiger partial charge in [-0.15, -0.1) is 0 Å². The minimum Gasteiger partial charge on any atom is -0.412 e. The molecule has 0 amide bonds. The molecule has 166 valence electrons. The second-order valence-electron chi connectivity index (χ2n) is 4.49. The van der Waals surface area contributed by atoms with E-state index in [0.29, 0.717) is 0 Å². The molecule has 0 aromatic carbocycles. The SMILES string of the molecule is O.OC(F)(F)C(F)(F)C(F)(F)C(F)(F)C(F)(F)C(F)(F)C(F)(F)C(F)(F)F. The van der Waals surface area contributed by atoms with Gasteiger partial charge < -0.3 is 10.6 Å². The van der Waals surface area contributed by atoms with Gasteiger partial charge in [-0.2, -0.15) is 74.6 Å². The quantitative estimate of drug-likeness (QED) is 0.604. The van der Waals surface area contributed by atoms with Crippen LogP contribution in [0.15, 0.2) is 0 Å². The Morgan fingerprint density at radius 2 is 0.519 bits per heavy atom. The fourth-order valence-electron chi connectivity index (χ4n) is 1.16. The Kier molecular flexibility index (Phi) is 6.60. The third-order valence-electron chi connectivity index (χ3n) is 2.71. The molecule has 0 spiro atoms. The summed E-state index contributed by atoms with van der Waals surface area (Å²) in [7, 11) is 0. The van der Waals surface area contributed by atoms with Crippen LogP contribution in [0, 0.1) is 0 Å². The highest BCUT2D eigenvalue weighted by molar-refractivity contribution is 5.14. The average Bonchev–Trinajstić information content (AvgIpc) is 2.34. The molecule has 0 rings (SSSR count). The molecule has 0 radical (unpaired) electrons. The standard InChI is InChI=1S/C8HF17O.H2O/c9-1(10,3(13,14)5(17,18)7(21,22)23)2(11,12)4(15,16)6(19,20)8(24,25)26;/h26H;1H2. The first kappa shape index (κ1) is 27.9. The molecule has 0 aromatic heterocycles. The molecule has 19 heteroatoms. The van der Waals surface area contributed by atoms with Crippen molar-refractivity contribution in [1.82, 2.24) is 0 Å². The van der Waals surface area contributed by atoms with Crippen molar-refractivity contribution >= 4 is 0 Å². The van der Waals surface area contributed by atoms with Crippen molar-refractivity contribution in [3.8, 4) is 0 Å². The van der Waals surface area contributed by atoms with E-state index in [-0.39, 0.29) is 5.48 Å². The van der Waals surface area contributed by atoms with E-state index in [1.807, 2.05) is 0 Å². The monoisotopic (exact) mass is 454 g/mol. The summed E-state index contributed by atoms with van der Waals surface area (Å²) >= 11 is 0. The van der Waals surface area contributed by atoms with Crippen molar-refractivity contribution in [1.29, 1.82) is 0 Å². The van der Waals surface area contributed by atoms with Gasteiger partial charge in [-0.25, -0.2) is 0 Å². The third kappa shape index (κ3) is 3.35. The van der Waals surface area contributed by atoms with Gasteiger partial charge in [0.25, 0.3) is 0 Å².